The number of rotatable bonds is 3. The van der Waals surface area contributed by atoms with Crippen LogP contribution in [0.2, 0.25) is 0 Å². The molecule has 0 saturated heterocycles. The lowest BCUT2D eigenvalue weighted by Gasteiger charge is -2.31. The third-order valence-electron chi connectivity index (χ3n) is 3.21. The average molecular weight is 222 g/mol. The standard InChI is InChI=1S/C11H18N4O/c1-3-7-5-8(4-2)15-10(13-7)6-9(14-15)11(12)16/h6-8,13H,3-5H2,1-2H3,(H2,12,16). The number of nitrogens with two attached hydrogens (primary N) is 1. The van der Waals surface area contributed by atoms with Gasteiger partial charge in [0.2, 0.25) is 0 Å². The lowest BCUT2D eigenvalue weighted by Crippen LogP contribution is -2.31. The van der Waals surface area contributed by atoms with Crippen LogP contribution in [-0.2, 0) is 0 Å². The number of aromatic nitrogens is 2. The molecule has 2 atom stereocenters. The first-order chi connectivity index (χ1) is 7.65. The highest BCUT2D eigenvalue weighted by Crippen LogP contribution is 2.30. The molecule has 0 fully saturated rings. The van der Waals surface area contributed by atoms with Gasteiger partial charge in [0, 0.05) is 12.1 Å². The van der Waals surface area contributed by atoms with E-state index in [1.54, 1.807) is 6.07 Å². The Bertz CT molecular complexity index is 399. The summed E-state index contributed by atoms with van der Waals surface area (Å²) in [5.74, 6) is 0.449. The SMILES string of the molecule is CCC1CC(CC)n2nc(C(N)=O)cc2N1. The van der Waals surface area contributed by atoms with Gasteiger partial charge in [0.15, 0.2) is 5.69 Å². The normalized spacial score (nSPS) is 23.6. The van der Waals surface area contributed by atoms with E-state index >= 15 is 0 Å². The number of carbonyl (C=O) groups is 1. The second-order valence-corrected chi connectivity index (χ2v) is 4.27. The molecule has 0 saturated carbocycles. The molecule has 0 aliphatic carbocycles. The van der Waals surface area contributed by atoms with Gasteiger partial charge in [0.25, 0.3) is 5.91 Å². The van der Waals surface area contributed by atoms with E-state index in [1.165, 1.54) is 0 Å². The number of nitrogens with zero attached hydrogens (tertiary/aromatic N) is 2. The molecule has 88 valence electrons. The third-order valence-corrected chi connectivity index (χ3v) is 3.21. The first kappa shape index (κ1) is 11.0. The Labute approximate surface area is 95.0 Å². The Morgan fingerprint density at radius 3 is 2.94 bits per heavy atom. The minimum atomic E-state index is -0.466. The molecule has 1 aliphatic rings. The number of fused-ring (bicyclic) bond motifs is 1. The lowest BCUT2D eigenvalue weighted by atomic mass is 10.0. The quantitative estimate of drug-likeness (QED) is 0.814. The molecule has 1 aromatic rings. The highest BCUT2D eigenvalue weighted by atomic mass is 16.1. The fourth-order valence-electron chi connectivity index (χ4n) is 2.21. The van der Waals surface area contributed by atoms with Gasteiger partial charge in [-0.15, -0.1) is 0 Å². The molecule has 0 radical (unpaired) electrons. The van der Waals surface area contributed by atoms with Gasteiger partial charge < -0.3 is 11.1 Å². The largest absolute Gasteiger partial charge is 0.367 e. The summed E-state index contributed by atoms with van der Waals surface area (Å²) in [6, 6.07) is 2.58. The zero-order chi connectivity index (χ0) is 11.7. The Hall–Kier alpha value is -1.52. The number of amides is 1. The average Bonchev–Trinajstić information content (AvgIpc) is 2.71. The van der Waals surface area contributed by atoms with E-state index in [-0.39, 0.29) is 0 Å². The molecule has 16 heavy (non-hydrogen) atoms. The number of carbonyl (C=O) groups excluding carboxylic acids is 1. The van der Waals surface area contributed by atoms with Crippen LogP contribution in [0, 0.1) is 0 Å². The molecule has 3 N–H and O–H groups in total. The molecule has 1 amide bonds. The first-order valence-electron chi connectivity index (χ1n) is 5.81. The Balaban J connectivity index is 2.34. The topological polar surface area (TPSA) is 72.9 Å². The van der Waals surface area contributed by atoms with Crippen molar-refractivity contribution >= 4 is 11.7 Å². The third kappa shape index (κ3) is 1.77. The highest BCUT2D eigenvalue weighted by Gasteiger charge is 2.26. The summed E-state index contributed by atoms with van der Waals surface area (Å²) in [7, 11) is 0. The molecular weight excluding hydrogens is 204 g/mol. The smallest absolute Gasteiger partial charge is 0.269 e. The fourth-order valence-corrected chi connectivity index (χ4v) is 2.21. The van der Waals surface area contributed by atoms with Gasteiger partial charge in [0.05, 0.1) is 6.04 Å². The zero-order valence-corrected chi connectivity index (χ0v) is 9.73. The van der Waals surface area contributed by atoms with Crippen LogP contribution in [0.15, 0.2) is 6.07 Å². The van der Waals surface area contributed by atoms with Crippen molar-refractivity contribution < 1.29 is 4.79 Å². The lowest BCUT2D eigenvalue weighted by molar-refractivity contribution is 0.0994. The van der Waals surface area contributed by atoms with Crippen LogP contribution < -0.4 is 11.1 Å². The van der Waals surface area contributed by atoms with Crippen LogP contribution >= 0.6 is 0 Å². The van der Waals surface area contributed by atoms with Crippen LogP contribution in [0.4, 0.5) is 5.82 Å². The van der Waals surface area contributed by atoms with Crippen molar-refractivity contribution in [3.63, 3.8) is 0 Å². The highest BCUT2D eigenvalue weighted by molar-refractivity contribution is 5.91. The van der Waals surface area contributed by atoms with Gasteiger partial charge >= 0.3 is 0 Å². The van der Waals surface area contributed by atoms with E-state index in [2.05, 4.69) is 24.3 Å². The van der Waals surface area contributed by atoms with Crippen LogP contribution in [0.3, 0.4) is 0 Å². The molecule has 0 bridgehead atoms. The predicted molar refractivity (Wildman–Crippen MR) is 62.4 cm³/mol. The fraction of sp³-hybridized carbons (Fsp3) is 0.636. The van der Waals surface area contributed by atoms with Crippen molar-refractivity contribution in [2.45, 2.75) is 45.2 Å². The number of anilines is 1. The molecule has 5 nitrogen and oxygen atoms in total. The van der Waals surface area contributed by atoms with Gasteiger partial charge in [0.1, 0.15) is 5.82 Å². The molecule has 2 heterocycles. The summed E-state index contributed by atoms with van der Waals surface area (Å²) < 4.78 is 1.90. The maximum absolute atomic E-state index is 11.1. The number of primary amides is 1. The number of hydrogen-bond acceptors (Lipinski definition) is 3. The van der Waals surface area contributed by atoms with Crippen molar-refractivity contribution in [1.82, 2.24) is 9.78 Å². The van der Waals surface area contributed by atoms with Crippen LogP contribution in [0.1, 0.15) is 49.6 Å². The second-order valence-electron chi connectivity index (χ2n) is 4.27. The van der Waals surface area contributed by atoms with E-state index in [4.69, 9.17) is 5.73 Å². The summed E-state index contributed by atoms with van der Waals surface area (Å²) in [5, 5.41) is 7.63. The van der Waals surface area contributed by atoms with Crippen LogP contribution in [0.25, 0.3) is 0 Å². The molecule has 1 aromatic heterocycles. The van der Waals surface area contributed by atoms with Gasteiger partial charge in [-0.05, 0) is 19.3 Å². The maximum atomic E-state index is 11.1. The van der Waals surface area contributed by atoms with Crippen molar-refractivity contribution in [3.05, 3.63) is 11.8 Å². The van der Waals surface area contributed by atoms with E-state index in [0.29, 0.717) is 17.8 Å². The molecule has 0 spiro atoms. The summed E-state index contributed by atoms with van der Waals surface area (Å²) in [5.41, 5.74) is 5.58. The molecule has 2 rings (SSSR count). The van der Waals surface area contributed by atoms with Crippen molar-refractivity contribution in [2.24, 2.45) is 5.73 Å². The minimum Gasteiger partial charge on any atom is -0.367 e. The monoisotopic (exact) mass is 222 g/mol. The Kier molecular flexibility index (Phi) is 2.85. The summed E-state index contributed by atoms with van der Waals surface area (Å²) in [6.07, 6.45) is 3.15. The molecule has 0 aromatic carbocycles. The van der Waals surface area contributed by atoms with Crippen LogP contribution in [-0.4, -0.2) is 21.7 Å². The minimum absolute atomic E-state index is 0.345. The molecule has 2 unspecified atom stereocenters. The van der Waals surface area contributed by atoms with E-state index in [0.717, 1.165) is 25.1 Å². The van der Waals surface area contributed by atoms with Crippen molar-refractivity contribution in [2.75, 3.05) is 5.32 Å². The zero-order valence-electron chi connectivity index (χ0n) is 9.73. The van der Waals surface area contributed by atoms with Crippen molar-refractivity contribution in [3.8, 4) is 0 Å². The summed E-state index contributed by atoms with van der Waals surface area (Å²) in [4.78, 5) is 11.1. The van der Waals surface area contributed by atoms with E-state index in [9.17, 15) is 4.79 Å². The molecule has 5 heteroatoms. The van der Waals surface area contributed by atoms with Gasteiger partial charge in [-0.25, -0.2) is 4.68 Å². The molecular formula is C11H18N4O. The van der Waals surface area contributed by atoms with E-state index in [1.807, 2.05) is 4.68 Å². The van der Waals surface area contributed by atoms with Gasteiger partial charge in [-0.2, -0.15) is 5.10 Å². The summed E-state index contributed by atoms with van der Waals surface area (Å²) >= 11 is 0. The molecule has 1 aliphatic heterocycles. The van der Waals surface area contributed by atoms with Gasteiger partial charge in [-0.1, -0.05) is 13.8 Å². The number of nitrogens with one attached hydrogen (secondary N) is 1. The van der Waals surface area contributed by atoms with Gasteiger partial charge in [-0.3, -0.25) is 4.79 Å². The summed E-state index contributed by atoms with van der Waals surface area (Å²) in [6.45, 7) is 4.30. The van der Waals surface area contributed by atoms with Crippen LogP contribution in [0.5, 0.6) is 0 Å². The Morgan fingerprint density at radius 1 is 1.62 bits per heavy atom. The van der Waals surface area contributed by atoms with Crippen molar-refractivity contribution in [1.29, 1.82) is 0 Å². The second kappa shape index (κ2) is 4.15. The number of hydrogen-bond donors (Lipinski definition) is 2. The Morgan fingerprint density at radius 2 is 2.38 bits per heavy atom. The maximum Gasteiger partial charge on any atom is 0.269 e. The van der Waals surface area contributed by atoms with E-state index < -0.39 is 5.91 Å². The predicted octanol–water partition coefficient (Wildman–Crippen LogP) is 1.53. The first-order valence-corrected chi connectivity index (χ1v) is 5.81.